The summed E-state index contributed by atoms with van der Waals surface area (Å²) in [6.07, 6.45) is 3.89. The average Bonchev–Trinajstić information content (AvgIpc) is 3.57. The first-order valence-electron chi connectivity index (χ1n) is 10.5. The number of fused-ring (bicyclic) bond motifs is 1. The van der Waals surface area contributed by atoms with Crippen LogP contribution >= 0.6 is 28.1 Å². The third kappa shape index (κ3) is 3.55. The van der Waals surface area contributed by atoms with Gasteiger partial charge in [0.05, 0.1) is 11.7 Å². The molecule has 6 rings (SSSR count). The van der Waals surface area contributed by atoms with Crippen LogP contribution in [-0.4, -0.2) is 21.5 Å². The standard InChI is InChI=1S/C25H19BrN4O2S/c26-16-6-8-17(9-7-16)29-13-3-5-20(29)24-23(19-4-1-2-12-27-19)28-25(33)30(24)18-10-11-21-22(14-18)32-15-31-21/h1-14,23-24H,15H2,(H,28,33)/t23-,24+/m0/s1. The summed E-state index contributed by atoms with van der Waals surface area (Å²) in [5.41, 5.74) is 4.03. The molecule has 4 aromatic rings. The smallest absolute Gasteiger partial charge is 0.231 e. The summed E-state index contributed by atoms with van der Waals surface area (Å²) in [4.78, 5) is 6.79. The van der Waals surface area contributed by atoms with Crippen LogP contribution < -0.4 is 19.7 Å². The van der Waals surface area contributed by atoms with Crippen molar-refractivity contribution >= 4 is 38.9 Å². The molecule has 0 aliphatic carbocycles. The first-order valence-corrected chi connectivity index (χ1v) is 11.7. The van der Waals surface area contributed by atoms with Gasteiger partial charge in [0.15, 0.2) is 16.6 Å². The zero-order valence-electron chi connectivity index (χ0n) is 17.4. The number of halogens is 1. The number of nitrogens with zero attached hydrogens (tertiary/aromatic N) is 3. The number of hydrogen-bond acceptors (Lipinski definition) is 4. The van der Waals surface area contributed by atoms with E-state index >= 15 is 0 Å². The van der Waals surface area contributed by atoms with E-state index in [1.165, 1.54) is 0 Å². The van der Waals surface area contributed by atoms with E-state index in [1.807, 2.05) is 54.7 Å². The molecule has 1 fully saturated rings. The van der Waals surface area contributed by atoms with Crippen molar-refractivity contribution in [2.75, 3.05) is 11.7 Å². The molecule has 164 valence electrons. The fourth-order valence-corrected chi connectivity index (χ4v) is 5.05. The highest BCUT2D eigenvalue weighted by molar-refractivity contribution is 9.10. The van der Waals surface area contributed by atoms with Crippen molar-refractivity contribution < 1.29 is 9.47 Å². The molecule has 4 heterocycles. The van der Waals surface area contributed by atoms with Gasteiger partial charge in [0.1, 0.15) is 6.04 Å². The maximum atomic E-state index is 5.86. The second-order valence-electron chi connectivity index (χ2n) is 7.81. The second kappa shape index (κ2) is 8.20. The van der Waals surface area contributed by atoms with Crippen LogP contribution in [0.2, 0.25) is 0 Å². The lowest BCUT2D eigenvalue weighted by Crippen LogP contribution is -2.30. The lowest BCUT2D eigenvalue weighted by atomic mass is 10.0. The summed E-state index contributed by atoms with van der Waals surface area (Å²) >= 11 is 9.39. The molecular formula is C25H19BrN4O2S. The quantitative estimate of drug-likeness (QED) is 0.358. The molecule has 1 N–H and O–H groups in total. The molecule has 6 nitrogen and oxygen atoms in total. The minimum absolute atomic E-state index is 0.131. The zero-order chi connectivity index (χ0) is 22.4. The van der Waals surface area contributed by atoms with E-state index in [0.29, 0.717) is 5.11 Å². The minimum atomic E-state index is -0.133. The Bertz CT molecular complexity index is 1330. The first-order chi connectivity index (χ1) is 16.2. The molecule has 0 amide bonds. The van der Waals surface area contributed by atoms with Gasteiger partial charge in [0.25, 0.3) is 0 Å². The molecule has 2 aromatic carbocycles. The zero-order valence-corrected chi connectivity index (χ0v) is 19.8. The Balaban J connectivity index is 1.50. The minimum Gasteiger partial charge on any atom is -0.454 e. The maximum Gasteiger partial charge on any atom is 0.231 e. The third-order valence-corrected chi connectivity index (χ3v) is 6.76. The number of hydrogen-bond donors (Lipinski definition) is 1. The number of pyridine rings is 1. The van der Waals surface area contributed by atoms with Crippen molar-refractivity contribution in [1.29, 1.82) is 0 Å². The summed E-state index contributed by atoms with van der Waals surface area (Å²) in [6, 6.07) is 24.1. The van der Waals surface area contributed by atoms with Crippen LogP contribution in [0.4, 0.5) is 5.69 Å². The predicted molar refractivity (Wildman–Crippen MR) is 134 cm³/mol. The topological polar surface area (TPSA) is 51.6 Å². The molecule has 2 atom stereocenters. The van der Waals surface area contributed by atoms with Crippen LogP contribution in [0.25, 0.3) is 5.69 Å². The number of aromatic nitrogens is 2. The highest BCUT2D eigenvalue weighted by atomic mass is 79.9. The van der Waals surface area contributed by atoms with Crippen LogP contribution in [0.1, 0.15) is 23.5 Å². The van der Waals surface area contributed by atoms with Gasteiger partial charge in [-0.2, -0.15) is 0 Å². The van der Waals surface area contributed by atoms with Crippen LogP contribution in [-0.2, 0) is 0 Å². The van der Waals surface area contributed by atoms with Crippen molar-refractivity contribution in [2.45, 2.75) is 12.1 Å². The second-order valence-corrected chi connectivity index (χ2v) is 9.12. The summed E-state index contributed by atoms with van der Waals surface area (Å²) in [6.45, 7) is 0.230. The Morgan fingerprint density at radius 2 is 1.76 bits per heavy atom. The molecule has 0 bridgehead atoms. The molecular weight excluding hydrogens is 500 g/mol. The van der Waals surface area contributed by atoms with E-state index in [1.54, 1.807) is 0 Å². The monoisotopic (exact) mass is 518 g/mol. The van der Waals surface area contributed by atoms with Crippen LogP contribution in [0.15, 0.2) is 89.7 Å². The number of nitrogens with one attached hydrogen (secondary N) is 1. The van der Waals surface area contributed by atoms with Crippen LogP contribution in [0.3, 0.4) is 0 Å². The van der Waals surface area contributed by atoms with E-state index in [2.05, 4.69) is 66.2 Å². The average molecular weight is 519 g/mol. The Morgan fingerprint density at radius 3 is 2.58 bits per heavy atom. The van der Waals surface area contributed by atoms with Gasteiger partial charge >= 0.3 is 0 Å². The first kappa shape index (κ1) is 20.3. The summed E-state index contributed by atoms with van der Waals surface area (Å²) in [7, 11) is 0. The van der Waals surface area contributed by atoms with Gasteiger partial charge in [-0.1, -0.05) is 22.0 Å². The fraction of sp³-hybridized carbons (Fsp3) is 0.120. The molecule has 2 aromatic heterocycles. The maximum absolute atomic E-state index is 5.86. The van der Waals surface area contributed by atoms with Gasteiger partial charge in [-0.05, 0) is 72.9 Å². The summed E-state index contributed by atoms with van der Waals surface area (Å²) < 4.78 is 14.4. The molecule has 1 saturated heterocycles. The Morgan fingerprint density at radius 1 is 0.939 bits per heavy atom. The summed E-state index contributed by atoms with van der Waals surface area (Å²) in [5, 5.41) is 4.15. The van der Waals surface area contributed by atoms with E-state index in [-0.39, 0.29) is 18.9 Å². The third-order valence-electron chi connectivity index (χ3n) is 5.92. The van der Waals surface area contributed by atoms with E-state index in [4.69, 9.17) is 21.7 Å². The Labute approximate surface area is 204 Å². The normalized spacial score (nSPS) is 19.1. The van der Waals surface area contributed by atoms with Gasteiger partial charge in [-0.25, -0.2) is 0 Å². The predicted octanol–water partition coefficient (Wildman–Crippen LogP) is 5.54. The van der Waals surface area contributed by atoms with Crippen LogP contribution in [0, 0.1) is 0 Å². The molecule has 2 aliphatic rings. The molecule has 0 radical (unpaired) electrons. The number of benzene rings is 2. The van der Waals surface area contributed by atoms with E-state index in [0.717, 1.165) is 38.7 Å². The van der Waals surface area contributed by atoms with Gasteiger partial charge in [-0.3, -0.25) is 4.98 Å². The summed E-state index contributed by atoms with van der Waals surface area (Å²) in [5.74, 6) is 1.46. The lowest BCUT2D eigenvalue weighted by Gasteiger charge is -2.29. The van der Waals surface area contributed by atoms with Crippen molar-refractivity contribution in [1.82, 2.24) is 14.9 Å². The van der Waals surface area contributed by atoms with Crippen LogP contribution in [0.5, 0.6) is 11.5 Å². The lowest BCUT2D eigenvalue weighted by molar-refractivity contribution is 0.174. The molecule has 8 heteroatoms. The molecule has 2 aliphatic heterocycles. The molecule has 0 spiro atoms. The number of anilines is 1. The number of rotatable bonds is 4. The van der Waals surface area contributed by atoms with Crippen molar-refractivity contribution in [3.8, 4) is 17.2 Å². The number of ether oxygens (including phenoxy) is 2. The highest BCUT2D eigenvalue weighted by Gasteiger charge is 2.42. The SMILES string of the molecule is S=C1N[C@@H](c2ccccn2)[C@@H](c2cccn2-c2ccc(Br)cc2)N1c1ccc2c(c1)OCO2. The molecule has 0 saturated carbocycles. The largest absolute Gasteiger partial charge is 0.454 e. The number of thiocarbonyl (C=S) groups is 1. The van der Waals surface area contributed by atoms with E-state index < -0.39 is 0 Å². The van der Waals surface area contributed by atoms with Crippen molar-refractivity contribution in [3.05, 3.63) is 101 Å². The molecule has 0 unspecified atom stereocenters. The fourth-order valence-electron chi connectivity index (χ4n) is 4.44. The van der Waals surface area contributed by atoms with Crippen molar-refractivity contribution in [3.63, 3.8) is 0 Å². The highest BCUT2D eigenvalue weighted by Crippen LogP contribution is 2.44. The van der Waals surface area contributed by atoms with Gasteiger partial charge in [-0.15, -0.1) is 0 Å². The Kier molecular flexibility index (Phi) is 5.04. The van der Waals surface area contributed by atoms with Gasteiger partial charge < -0.3 is 24.3 Å². The Hall–Kier alpha value is -3.36. The van der Waals surface area contributed by atoms with Gasteiger partial charge in [0.2, 0.25) is 6.79 Å². The van der Waals surface area contributed by atoms with Crippen molar-refractivity contribution in [2.24, 2.45) is 0 Å². The molecule has 33 heavy (non-hydrogen) atoms. The van der Waals surface area contributed by atoms with E-state index in [9.17, 15) is 0 Å². The van der Waals surface area contributed by atoms with Gasteiger partial charge in [0, 0.05) is 40.0 Å².